The molecule has 43 heavy (non-hydrogen) atoms. The molecule has 0 aliphatic carbocycles. The maximum Gasteiger partial charge on any atom is 0.156 e. The molecule has 0 amide bonds. The topological polar surface area (TPSA) is 17.3 Å². The van der Waals surface area contributed by atoms with Gasteiger partial charge in [-0.2, -0.15) is 0 Å². The third-order valence-corrected chi connectivity index (χ3v) is 11.1. The standard InChI is InChI=1S/C39H22N2S2/c1-2-8-27-24(7-1)17-19-32-37(27)40-39-38-31(29-10-4-6-12-35(29)43-38)22-33(41(32)39)25-15-13-23(14-16-25)26-18-20-36-30(21-26)28-9-3-5-11-34(28)42-36/h1-22H. The molecular weight excluding hydrogens is 561 g/mol. The van der Waals surface area contributed by atoms with Gasteiger partial charge in [-0.25, -0.2) is 4.98 Å². The molecule has 0 bridgehead atoms. The van der Waals surface area contributed by atoms with Gasteiger partial charge in [0.2, 0.25) is 0 Å². The summed E-state index contributed by atoms with van der Waals surface area (Å²) in [7, 11) is 0. The van der Waals surface area contributed by atoms with Gasteiger partial charge in [-0.15, -0.1) is 22.7 Å². The largest absolute Gasteiger partial charge is 0.291 e. The summed E-state index contributed by atoms with van der Waals surface area (Å²) < 4.78 is 7.57. The fourth-order valence-corrected chi connectivity index (χ4v) is 8.98. The van der Waals surface area contributed by atoms with Crippen molar-refractivity contribution in [1.82, 2.24) is 9.38 Å². The smallest absolute Gasteiger partial charge is 0.156 e. The minimum Gasteiger partial charge on any atom is -0.291 e. The van der Waals surface area contributed by atoms with E-state index in [0.29, 0.717) is 0 Å². The second-order valence-corrected chi connectivity index (χ2v) is 13.3. The van der Waals surface area contributed by atoms with Gasteiger partial charge in [0.1, 0.15) is 0 Å². The third kappa shape index (κ3) is 3.36. The van der Waals surface area contributed by atoms with Crippen LogP contribution >= 0.6 is 22.7 Å². The first-order valence-electron chi connectivity index (χ1n) is 14.5. The van der Waals surface area contributed by atoms with Crippen molar-refractivity contribution in [1.29, 1.82) is 0 Å². The van der Waals surface area contributed by atoms with Crippen molar-refractivity contribution in [3.63, 3.8) is 0 Å². The Bertz CT molecular complexity index is 2720. The van der Waals surface area contributed by atoms with Crippen LogP contribution in [0.25, 0.3) is 90.2 Å². The van der Waals surface area contributed by atoms with Gasteiger partial charge in [0.15, 0.2) is 5.65 Å². The highest BCUT2D eigenvalue weighted by Crippen LogP contribution is 2.42. The van der Waals surface area contributed by atoms with E-state index in [-0.39, 0.29) is 0 Å². The molecule has 4 aromatic heterocycles. The summed E-state index contributed by atoms with van der Waals surface area (Å²) in [6.07, 6.45) is 0. The second-order valence-electron chi connectivity index (χ2n) is 11.2. The molecule has 0 saturated carbocycles. The molecule has 0 radical (unpaired) electrons. The fourth-order valence-electron chi connectivity index (χ4n) is 6.74. The highest BCUT2D eigenvalue weighted by Gasteiger charge is 2.19. The van der Waals surface area contributed by atoms with E-state index in [1.54, 1.807) is 0 Å². The van der Waals surface area contributed by atoms with Crippen molar-refractivity contribution >= 4 is 90.5 Å². The lowest BCUT2D eigenvalue weighted by molar-refractivity contribution is 1.25. The van der Waals surface area contributed by atoms with Crippen LogP contribution < -0.4 is 0 Å². The number of hydrogen-bond donors (Lipinski definition) is 0. The Morgan fingerprint density at radius 1 is 0.465 bits per heavy atom. The van der Waals surface area contributed by atoms with Crippen LogP contribution in [-0.2, 0) is 0 Å². The predicted octanol–water partition coefficient (Wildman–Crippen LogP) is 11.7. The number of aromatic nitrogens is 2. The van der Waals surface area contributed by atoms with Crippen LogP contribution in [0.4, 0.5) is 0 Å². The molecule has 200 valence electrons. The lowest BCUT2D eigenvalue weighted by atomic mass is 10.00. The average molecular weight is 583 g/mol. The number of hydrogen-bond acceptors (Lipinski definition) is 3. The zero-order valence-electron chi connectivity index (χ0n) is 22.9. The lowest BCUT2D eigenvalue weighted by Gasteiger charge is -2.10. The molecule has 10 aromatic rings. The van der Waals surface area contributed by atoms with E-state index in [1.165, 1.54) is 67.8 Å². The first-order chi connectivity index (χ1) is 21.3. The number of pyridine rings is 1. The normalized spacial score (nSPS) is 12.2. The Labute approximate surface area is 254 Å². The molecule has 6 aromatic carbocycles. The molecule has 10 rings (SSSR count). The summed E-state index contributed by atoms with van der Waals surface area (Å²) in [6, 6.07) is 48.7. The monoisotopic (exact) mass is 582 g/mol. The Hall–Kier alpha value is -5.03. The second kappa shape index (κ2) is 8.74. The molecule has 0 aliphatic heterocycles. The summed E-state index contributed by atoms with van der Waals surface area (Å²) in [4.78, 5) is 5.34. The Kier molecular flexibility index (Phi) is 4.78. The van der Waals surface area contributed by atoms with Crippen molar-refractivity contribution in [2.24, 2.45) is 0 Å². The summed E-state index contributed by atoms with van der Waals surface area (Å²) in [5.74, 6) is 0. The maximum absolute atomic E-state index is 5.34. The molecule has 0 atom stereocenters. The molecule has 0 spiro atoms. The molecule has 0 saturated heterocycles. The van der Waals surface area contributed by atoms with E-state index in [9.17, 15) is 0 Å². The number of thiophene rings is 2. The van der Waals surface area contributed by atoms with Crippen LogP contribution in [0.3, 0.4) is 0 Å². The minimum absolute atomic E-state index is 1.03. The molecule has 0 unspecified atom stereocenters. The summed E-state index contributed by atoms with van der Waals surface area (Å²) in [5.41, 5.74) is 8.03. The summed E-state index contributed by atoms with van der Waals surface area (Å²) >= 11 is 3.70. The van der Waals surface area contributed by atoms with Gasteiger partial charge in [0.05, 0.1) is 21.4 Å². The van der Waals surface area contributed by atoms with Gasteiger partial charge in [-0.3, -0.25) is 4.40 Å². The number of imidazole rings is 1. The third-order valence-electron chi connectivity index (χ3n) is 8.80. The van der Waals surface area contributed by atoms with Crippen molar-refractivity contribution in [3.05, 3.63) is 133 Å². The van der Waals surface area contributed by atoms with Gasteiger partial charge in [0.25, 0.3) is 0 Å². The number of rotatable bonds is 2. The van der Waals surface area contributed by atoms with Crippen molar-refractivity contribution < 1.29 is 0 Å². The maximum atomic E-state index is 5.34. The van der Waals surface area contributed by atoms with Gasteiger partial charge in [-0.05, 0) is 58.5 Å². The average Bonchev–Trinajstić information content (AvgIpc) is 3.76. The first kappa shape index (κ1) is 23.5. The molecule has 0 N–H and O–H groups in total. The van der Waals surface area contributed by atoms with E-state index in [4.69, 9.17) is 4.98 Å². The van der Waals surface area contributed by atoms with E-state index >= 15 is 0 Å². The highest BCUT2D eigenvalue weighted by atomic mass is 32.1. The molecule has 0 fully saturated rings. The molecule has 4 heteroatoms. The Balaban J connectivity index is 1.22. The van der Waals surface area contributed by atoms with E-state index in [2.05, 4.69) is 138 Å². The predicted molar refractivity (Wildman–Crippen MR) is 187 cm³/mol. The molecule has 0 aliphatic rings. The Morgan fingerprint density at radius 3 is 1.95 bits per heavy atom. The number of nitrogens with zero attached hydrogens (tertiary/aromatic N) is 2. The van der Waals surface area contributed by atoms with Crippen LogP contribution in [0, 0.1) is 0 Å². The zero-order valence-corrected chi connectivity index (χ0v) is 24.5. The summed E-state index contributed by atoms with van der Waals surface area (Å²) in [6.45, 7) is 0. The molecule has 4 heterocycles. The van der Waals surface area contributed by atoms with Crippen LogP contribution in [0.2, 0.25) is 0 Å². The van der Waals surface area contributed by atoms with E-state index in [0.717, 1.165) is 22.4 Å². The van der Waals surface area contributed by atoms with Crippen LogP contribution in [0.15, 0.2) is 133 Å². The van der Waals surface area contributed by atoms with Crippen LogP contribution in [-0.4, -0.2) is 9.38 Å². The van der Waals surface area contributed by atoms with Gasteiger partial charge in [0, 0.05) is 41.0 Å². The number of fused-ring (bicyclic) bond motifs is 12. The van der Waals surface area contributed by atoms with Crippen molar-refractivity contribution in [2.45, 2.75) is 0 Å². The number of benzene rings is 6. The van der Waals surface area contributed by atoms with Crippen LogP contribution in [0.1, 0.15) is 0 Å². The van der Waals surface area contributed by atoms with Gasteiger partial charge >= 0.3 is 0 Å². The van der Waals surface area contributed by atoms with E-state index in [1.807, 2.05) is 22.7 Å². The highest BCUT2D eigenvalue weighted by molar-refractivity contribution is 7.26. The Morgan fingerprint density at radius 2 is 1.12 bits per heavy atom. The summed E-state index contributed by atoms with van der Waals surface area (Å²) in [5, 5.41) is 7.62. The molecule has 2 nitrogen and oxygen atoms in total. The minimum atomic E-state index is 1.03. The lowest BCUT2D eigenvalue weighted by Crippen LogP contribution is -1.93. The van der Waals surface area contributed by atoms with Crippen molar-refractivity contribution in [3.8, 4) is 22.4 Å². The van der Waals surface area contributed by atoms with Gasteiger partial charge in [-0.1, -0.05) is 97.1 Å². The van der Waals surface area contributed by atoms with Gasteiger partial charge < -0.3 is 0 Å². The van der Waals surface area contributed by atoms with Crippen molar-refractivity contribution in [2.75, 3.05) is 0 Å². The fraction of sp³-hybridized carbons (Fsp3) is 0. The quantitative estimate of drug-likeness (QED) is 0.198. The SMILES string of the molecule is c1ccc2c(c1)ccc1c2nc2c3sc4ccccc4c3cc(-c3ccc(-c4ccc5sc6ccccc6c5c4)cc3)n12. The van der Waals surface area contributed by atoms with E-state index < -0.39 is 0 Å². The zero-order chi connectivity index (χ0) is 28.1. The first-order valence-corrected chi connectivity index (χ1v) is 16.1. The molecular formula is C39H22N2S2. The van der Waals surface area contributed by atoms with Crippen LogP contribution in [0.5, 0.6) is 0 Å².